The van der Waals surface area contributed by atoms with Gasteiger partial charge in [-0.1, -0.05) is 52.0 Å². The normalized spacial score (nSPS) is 9.96. The Kier molecular flexibility index (Phi) is 6.78. The van der Waals surface area contributed by atoms with Crippen LogP contribution < -0.4 is 5.43 Å². The third-order valence-corrected chi connectivity index (χ3v) is 4.09. The SMILES string of the molecule is CC.CC.Cc1ccccc1-c1c2ccc(=O)cc-2oc2cc(O)ccc12. The van der Waals surface area contributed by atoms with Crippen molar-refractivity contribution in [3.63, 3.8) is 0 Å². The van der Waals surface area contributed by atoms with Crippen LogP contribution in [0.3, 0.4) is 0 Å². The van der Waals surface area contributed by atoms with Crippen LogP contribution in [0.2, 0.25) is 0 Å². The van der Waals surface area contributed by atoms with Crippen LogP contribution in [0, 0.1) is 6.92 Å². The van der Waals surface area contributed by atoms with Gasteiger partial charge in [-0.3, -0.25) is 4.79 Å². The number of hydrogen-bond acceptors (Lipinski definition) is 3. The maximum absolute atomic E-state index is 11.7. The van der Waals surface area contributed by atoms with Gasteiger partial charge in [0.25, 0.3) is 0 Å². The molecule has 3 nitrogen and oxygen atoms in total. The smallest absolute Gasteiger partial charge is 0.182 e. The molecule has 140 valence electrons. The molecule has 1 N–H and O–H groups in total. The van der Waals surface area contributed by atoms with E-state index in [1.807, 2.05) is 45.9 Å². The first-order valence-electron chi connectivity index (χ1n) is 9.39. The lowest BCUT2D eigenvalue weighted by Gasteiger charge is -2.16. The number of fused-ring (bicyclic) bond motifs is 2. The second kappa shape index (κ2) is 9.04. The predicted molar refractivity (Wildman–Crippen MR) is 114 cm³/mol. The number of rotatable bonds is 1. The minimum absolute atomic E-state index is 0.100. The second-order valence-corrected chi connectivity index (χ2v) is 5.63. The monoisotopic (exact) mass is 362 g/mol. The first kappa shape index (κ1) is 20.2. The molecule has 0 atom stereocenters. The molecule has 2 aliphatic rings. The van der Waals surface area contributed by atoms with E-state index in [2.05, 4.69) is 19.1 Å². The van der Waals surface area contributed by atoms with Crippen molar-refractivity contribution in [3.8, 4) is 28.2 Å². The van der Waals surface area contributed by atoms with Crippen molar-refractivity contribution < 1.29 is 9.52 Å². The topological polar surface area (TPSA) is 50.4 Å². The standard InChI is InChI=1S/C20H14O3.2C2H6/c1-12-4-2-3-5-15(12)20-16-8-6-13(21)10-18(16)23-19-11-14(22)7-9-17(19)20;2*1-2/h2-11,21H,1H3;2*1-2H3. The van der Waals surface area contributed by atoms with E-state index < -0.39 is 0 Å². The van der Waals surface area contributed by atoms with Crippen molar-refractivity contribution in [2.45, 2.75) is 34.6 Å². The molecule has 0 amide bonds. The van der Waals surface area contributed by atoms with Gasteiger partial charge in [-0.05, 0) is 42.3 Å². The van der Waals surface area contributed by atoms with Crippen molar-refractivity contribution >= 4 is 11.0 Å². The molecule has 2 aromatic carbocycles. The highest BCUT2D eigenvalue weighted by Gasteiger charge is 2.18. The Morgan fingerprint density at radius 1 is 0.815 bits per heavy atom. The summed E-state index contributed by atoms with van der Waals surface area (Å²) in [6, 6.07) is 18.0. The minimum atomic E-state index is -0.100. The summed E-state index contributed by atoms with van der Waals surface area (Å²) in [4.78, 5) is 11.7. The Bertz CT molecular complexity index is 1060. The molecule has 0 aromatic heterocycles. The highest BCUT2D eigenvalue weighted by Crippen LogP contribution is 2.41. The molecule has 0 saturated carbocycles. The number of hydrogen-bond donors (Lipinski definition) is 1. The maximum atomic E-state index is 11.7. The van der Waals surface area contributed by atoms with Crippen molar-refractivity contribution in [1.29, 1.82) is 0 Å². The van der Waals surface area contributed by atoms with Crippen LogP contribution in [0.1, 0.15) is 33.3 Å². The minimum Gasteiger partial charge on any atom is -0.508 e. The van der Waals surface area contributed by atoms with Crippen LogP contribution >= 0.6 is 0 Å². The summed E-state index contributed by atoms with van der Waals surface area (Å²) in [7, 11) is 0. The Hall–Kier alpha value is -3.07. The average molecular weight is 362 g/mol. The molecule has 0 bridgehead atoms. The predicted octanol–water partition coefficient (Wildman–Crippen LogP) is 6.63. The quantitative estimate of drug-likeness (QED) is 0.387. The number of aryl methyl sites for hydroxylation is 1. The molecule has 0 radical (unpaired) electrons. The van der Waals surface area contributed by atoms with Crippen molar-refractivity contribution in [2.24, 2.45) is 0 Å². The summed E-state index contributed by atoms with van der Waals surface area (Å²) in [5, 5.41) is 10.7. The molecule has 0 unspecified atom stereocenters. The van der Waals surface area contributed by atoms with E-state index in [-0.39, 0.29) is 11.2 Å². The third-order valence-electron chi connectivity index (χ3n) is 4.09. The first-order chi connectivity index (χ1) is 13.1. The summed E-state index contributed by atoms with van der Waals surface area (Å²) in [5.41, 5.74) is 4.58. The number of benzene rings is 3. The first-order valence-corrected chi connectivity index (χ1v) is 9.39. The zero-order chi connectivity index (χ0) is 20.0. The summed E-state index contributed by atoms with van der Waals surface area (Å²) < 4.78 is 5.85. The van der Waals surface area contributed by atoms with E-state index in [0.29, 0.717) is 11.3 Å². The number of phenols is 1. The molecule has 4 rings (SSSR count). The number of aromatic hydroxyl groups is 1. The summed E-state index contributed by atoms with van der Waals surface area (Å²) in [6.07, 6.45) is 0. The molecular formula is C24H26O3. The average Bonchev–Trinajstić information content (AvgIpc) is 2.69. The van der Waals surface area contributed by atoms with Gasteiger partial charge in [-0.2, -0.15) is 0 Å². The van der Waals surface area contributed by atoms with E-state index in [0.717, 1.165) is 27.6 Å². The highest BCUT2D eigenvalue weighted by molar-refractivity contribution is 6.02. The van der Waals surface area contributed by atoms with E-state index in [1.165, 1.54) is 6.07 Å². The van der Waals surface area contributed by atoms with Gasteiger partial charge in [0.15, 0.2) is 5.43 Å². The summed E-state index contributed by atoms with van der Waals surface area (Å²) >= 11 is 0. The van der Waals surface area contributed by atoms with Crippen molar-refractivity contribution in [2.75, 3.05) is 0 Å². The van der Waals surface area contributed by atoms with Crippen LogP contribution in [-0.2, 0) is 0 Å². The van der Waals surface area contributed by atoms with Crippen LogP contribution in [-0.4, -0.2) is 5.11 Å². The molecule has 0 saturated heterocycles. The third kappa shape index (κ3) is 4.03. The number of phenolic OH excluding ortho intramolecular Hbond substituents is 1. The van der Waals surface area contributed by atoms with Crippen LogP contribution in [0.25, 0.3) is 33.4 Å². The van der Waals surface area contributed by atoms with Gasteiger partial charge in [-0.15, -0.1) is 0 Å². The molecule has 1 aliphatic carbocycles. The largest absolute Gasteiger partial charge is 0.508 e. The molecule has 3 heteroatoms. The zero-order valence-electron chi connectivity index (χ0n) is 16.5. The molecule has 1 heterocycles. The Balaban J connectivity index is 0.000000614. The van der Waals surface area contributed by atoms with Gasteiger partial charge < -0.3 is 9.52 Å². The fraction of sp³-hybridized carbons (Fsp3) is 0.208. The molecule has 0 fully saturated rings. The van der Waals surface area contributed by atoms with Gasteiger partial charge in [0.2, 0.25) is 0 Å². The van der Waals surface area contributed by atoms with Crippen LogP contribution in [0.5, 0.6) is 5.75 Å². The summed E-state index contributed by atoms with van der Waals surface area (Å²) in [6.45, 7) is 10.1. The van der Waals surface area contributed by atoms with Crippen LogP contribution in [0.4, 0.5) is 0 Å². The summed E-state index contributed by atoms with van der Waals surface area (Å²) in [5.74, 6) is 0.656. The fourth-order valence-corrected chi connectivity index (χ4v) is 3.00. The molecule has 1 aliphatic heterocycles. The second-order valence-electron chi connectivity index (χ2n) is 5.63. The van der Waals surface area contributed by atoms with Crippen molar-refractivity contribution in [1.82, 2.24) is 0 Å². The van der Waals surface area contributed by atoms with Crippen molar-refractivity contribution in [3.05, 3.63) is 76.5 Å². The van der Waals surface area contributed by atoms with Gasteiger partial charge in [0.05, 0.1) is 0 Å². The van der Waals surface area contributed by atoms with E-state index >= 15 is 0 Å². The Morgan fingerprint density at radius 3 is 2.22 bits per heavy atom. The van der Waals surface area contributed by atoms with E-state index in [9.17, 15) is 9.90 Å². The highest BCUT2D eigenvalue weighted by atomic mass is 16.3. The molecular weight excluding hydrogens is 336 g/mol. The van der Waals surface area contributed by atoms with E-state index in [4.69, 9.17) is 4.42 Å². The van der Waals surface area contributed by atoms with Gasteiger partial charge >= 0.3 is 0 Å². The molecule has 2 aromatic rings. The molecule has 27 heavy (non-hydrogen) atoms. The Morgan fingerprint density at radius 2 is 1.52 bits per heavy atom. The van der Waals surface area contributed by atoms with Crippen LogP contribution in [0.15, 0.2) is 69.9 Å². The van der Waals surface area contributed by atoms with Gasteiger partial charge in [-0.25, -0.2) is 0 Å². The maximum Gasteiger partial charge on any atom is 0.182 e. The zero-order valence-corrected chi connectivity index (χ0v) is 16.5. The lowest BCUT2D eigenvalue weighted by atomic mass is 9.91. The molecule has 0 spiro atoms. The Labute approximate surface area is 160 Å². The van der Waals surface area contributed by atoms with Gasteiger partial charge in [0.1, 0.15) is 17.1 Å². The lowest BCUT2D eigenvalue weighted by molar-refractivity contribution is 0.474. The van der Waals surface area contributed by atoms with E-state index in [1.54, 1.807) is 24.3 Å². The lowest BCUT2D eigenvalue weighted by Crippen LogP contribution is -2.00. The van der Waals surface area contributed by atoms with Gasteiger partial charge in [0, 0.05) is 28.6 Å². The fourth-order valence-electron chi connectivity index (χ4n) is 3.00.